The lowest BCUT2D eigenvalue weighted by Gasteiger charge is -2.09. The van der Waals surface area contributed by atoms with Crippen molar-refractivity contribution in [3.05, 3.63) is 83.1 Å². The average molecular weight is 349 g/mol. The number of hydrogen-bond donors (Lipinski definition) is 2. The Hall–Kier alpha value is -3.36. The SMILES string of the molecule is N#Cc1ccc(Nc2ccnc(C(=O)Nc3ccc(Cl)cc3)c2)cc1. The van der Waals surface area contributed by atoms with Gasteiger partial charge < -0.3 is 10.6 Å². The predicted octanol–water partition coefficient (Wildman–Crippen LogP) is 4.60. The van der Waals surface area contributed by atoms with Crippen LogP contribution in [0.25, 0.3) is 0 Å². The van der Waals surface area contributed by atoms with E-state index in [0.717, 1.165) is 11.4 Å². The van der Waals surface area contributed by atoms with E-state index in [-0.39, 0.29) is 11.6 Å². The Morgan fingerprint density at radius 2 is 1.64 bits per heavy atom. The van der Waals surface area contributed by atoms with Crippen LogP contribution >= 0.6 is 11.6 Å². The highest BCUT2D eigenvalue weighted by Crippen LogP contribution is 2.18. The Balaban J connectivity index is 1.72. The molecule has 3 aromatic rings. The number of nitrogens with zero attached hydrogens (tertiary/aromatic N) is 2. The molecule has 0 saturated heterocycles. The van der Waals surface area contributed by atoms with Crippen molar-refractivity contribution in [3.8, 4) is 6.07 Å². The van der Waals surface area contributed by atoms with Gasteiger partial charge in [0.2, 0.25) is 0 Å². The van der Waals surface area contributed by atoms with Crippen LogP contribution in [0.5, 0.6) is 0 Å². The first-order valence-electron chi connectivity index (χ1n) is 7.44. The third-order valence-corrected chi connectivity index (χ3v) is 3.65. The lowest BCUT2D eigenvalue weighted by molar-refractivity contribution is 0.102. The molecule has 3 rings (SSSR count). The molecule has 6 heteroatoms. The standard InChI is InChI=1S/C19H13ClN4O/c20-14-3-7-16(8-4-14)24-19(25)18-11-17(9-10-22-18)23-15-5-1-13(12-21)2-6-15/h1-11H,(H,22,23)(H,24,25). The van der Waals surface area contributed by atoms with Crippen LogP contribution in [0.3, 0.4) is 0 Å². The summed E-state index contributed by atoms with van der Waals surface area (Å²) in [5.41, 5.74) is 3.05. The molecule has 5 nitrogen and oxygen atoms in total. The molecule has 0 aliphatic carbocycles. The minimum Gasteiger partial charge on any atom is -0.355 e. The van der Waals surface area contributed by atoms with E-state index < -0.39 is 0 Å². The zero-order valence-electron chi connectivity index (χ0n) is 13.0. The summed E-state index contributed by atoms with van der Waals surface area (Å²) in [6.07, 6.45) is 1.56. The van der Waals surface area contributed by atoms with Crippen molar-refractivity contribution < 1.29 is 4.79 Å². The summed E-state index contributed by atoms with van der Waals surface area (Å²) in [6.45, 7) is 0. The van der Waals surface area contributed by atoms with E-state index in [0.29, 0.717) is 16.3 Å². The van der Waals surface area contributed by atoms with Gasteiger partial charge in [0.1, 0.15) is 5.69 Å². The molecule has 0 unspecified atom stereocenters. The minimum atomic E-state index is -0.314. The van der Waals surface area contributed by atoms with Gasteiger partial charge in [-0.1, -0.05) is 11.6 Å². The van der Waals surface area contributed by atoms with Gasteiger partial charge in [0.15, 0.2) is 0 Å². The molecular formula is C19H13ClN4O. The third-order valence-electron chi connectivity index (χ3n) is 3.40. The number of nitriles is 1. The molecule has 2 N–H and O–H groups in total. The van der Waals surface area contributed by atoms with E-state index in [2.05, 4.69) is 21.7 Å². The topological polar surface area (TPSA) is 77.8 Å². The maximum atomic E-state index is 12.3. The highest BCUT2D eigenvalue weighted by molar-refractivity contribution is 6.30. The number of pyridine rings is 1. The Morgan fingerprint density at radius 3 is 2.32 bits per heavy atom. The quantitative estimate of drug-likeness (QED) is 0.722. The first-order chi connectivity index (χ1) is 12.1. The van der Waals surface area contributed by atoms with Crippen molar-refractivity contribution in [2.75, 3.05) is 10.6 Å². The highest BCUT2D eigenvalue weighted by Gasteiger charge is 2.09. The summed E-state index contributed by atoms with van der Waals surface area (Å²) in [7, 11) is 0. The molecule has 25 heavy (non-hydrogen) atoms. The monoisotopic (exact) mass is 348 g/mol. The fraction of sp³-hybridized carbons (Fsp3) is 0. The smallest absolute Gasteiger partial charge is 0.274 e. The van der Waals surface area contributed by atoms with Gasteiger partial charge in [0, 0.05) is 28.3 Å². The fourth-order valence-electron chi connectivity index (χ4n) is 2.16. The zero-order chi connectivity index (χ0) is 17.6. The summed E-state index contributed by atoms with van der Waals surface area (Å²) >= 11 is 5.83. The Morgan fingerprint density at radius 1 is 0.960 bits per heavy atom. The summed E-state index contributed by atoms with van der Waals surface area (Å²) in [6, 6.07) is 19.4. The summed E-state index contributed by atoms with van der Waals surface area (Å²) < 4.78 is 0. The van der Waals surface area contributed by atoms with Crippen LogP contribution in [-0.4, -0.2) is 10.9 Å². The van der Waals surface area contributed by atoms with Gasteiger partial charge in [-0.25, -0.2) is 0 Å². The number of amides is 1. The summed E-state index contributed by atoms with van der Waals surface area (Å²) in [5.74, 6) is -0.314. The number of benzene rings is 2. The highest BCUT2D eigenvalue weighted by atomic mass is 35.5. The molecule has 122 valence electrons. The van der Waals surface area contributed by atoms with Gasteiger partial charge >= 0.3 is 0 Å². The van der Waals surface area contributed by atoms with Gasteiger partial charge in [0.05, 0.1) is 11.6 Å². The van der Waals surface area contributed by atoms with Gasteiger partial charge in [-0.05, 0) is 60.7 Å². The zero-order valence-corrected chi connectivity index (χ0v) is 13.8. The van der Waals surface area contributed by atoms with Gasteiger partial charge in [-0.2, -0.15) is 5.26 Å². The average Bonchev–Trinajstić information content (AvgIpc) is 2.64. The van der Waals surface area contributed by atoms with E-state index in [1.807, 2.05) is 0 Å². The second kappa shape index (κ2) is 7.47. The normalized spacial score (nSPS) is 9.92. The van der Waals surface area contributed by atoms with E-state index >= 15 is 0 Å². The number of halogens is 1. The number of rotatable bonds is 4. The van der Waals surface area contributed by atoms with Crippen molar-refractivity contribution in [2.45, 2.75) is 0 Å². The van der Waals surface area contributed by atoms with Crippen LogP contribution in [0.2, 0.25) is 5.02 Å². The molecule has 1 aromatic heterocycles. The van der Waals surface area contributed by atoms with Gasteiger partial charge in [0.25, 0.3) is 5.91 Å². The predicted molar refractivity (Wildman–Crippen MR) is 98.1 cm³/mol. The van der Waals surface area contributed by atoms with Crippen LogP contribution in [0, 0.1) is 11.3 Å². The second-order valence-corrected chi connectivity index (χ2v) is 5.64. The Kier molecular flexibility index (Phi) is 4.93. The van der Waals surface area contributed by atoms with Crippen molar-refractivity contribution >= 4 is 34.6 Å². The van der Waals surface area contributed by atoms with E-state index in [1.165, 1.54) is 0 Å². The van der Waals surface area contributed by atoms with Crippen LogP contribution in [0.1, 0.15) is 16.1 Å². The van der Waals surface area contributed by atoms with Crippen molar-refractivity contribution in [1.29, 1.82) is 5.26 Å². The van der Waals surface area contributed by atoms with Crippen LogP contribution in [0.15, 0.2) is 66.9 Å². The largest absolute Gasteiger partial charge is 0.355 e. The lowest BCUT2D eigenvalue weighted by Crippen LogP contribution is -2.13. The molecule has 0 spiro atoms. The molecule has 0 aliphatic rings. The maximum Gasteiger partial charge on any atom is 0.274 e. The fourth-order valence-corrected chi connectivity index (χ4v) is 2.28. The number of carbonyl (C=O) groups excluding carboxylic acids is 1. The maximum absolute atomic E-state index is 12.3. The van der Waals surface area contributed by atoms with E-state index in [9.17, 15) is 4.79 Å². The summed E-state index contributed by atoms with van der Waals surface area (Å²) in [4.78, 5) is 16.4. The third kappa shape index (κ3) is 4.34. The Bertz CT molecular complexity index is 931. The Labute approximate surface area is 149 Å². The number of aromatic nitrogens is 1. The van der Waals surface area contributed by atoms with Gasteiger partial charge in [-0.3, -0.25) is 9.78 Å². The van der Waals surface area contributed by atoms with Gasteiger partial charge in [-0.15, -0.1) is 0 Å². The van der Waals surface area contributed by atoms with Crippen LogP contribution in [-0.2, 0) is 0 Å². The number of nitrogens with one attached hydrogen (secondary N) is 2. The molecule has 0 radical (unpaired) electrons. The molecule has 0 bridgehead atoms. The second-order valence-electron chi connectivity index (χ2n) is 5.20. The first-order valence-corrected chi connectivity index (χ1v) is 7.82. The van der Waals surface area contributed by atoms with Crippen molar-refractivity contribution in [2.24, 2.45) is 0 Å². The van der Waals surface area contributed by atoms with Crippen LogP contribution in [0.4, 0.5) is 17.1 Å². The van der Waals surface area contributed by atoms with E-state index in [1.54, 1.807) is 66.9 Å². The molecule has 1 heterocycles. The lowest BCUT2D eigenvalue weighted by atomic mass is 10.2. The minimum absolute atomic E-state index is 0.286. The number of anilines is 3. The molecule has 0 saturated carbocycles. The van der Waals surface area contributed by atoms with Crippen LogP contribution < -0.4 is 10.6 Å². The molecular weight excluding hydrogens is 336 g/mol. The van der Waals surface area contributed by atoms with E-state index in [4.69, 9.17) is 16.9 Å². The van der Waals surface area contributed by atoms with Crippen molar-refractivity contribution in [1.82, 2.24) is 4.98 Å². The molecule has 1 amide bonds. The molecule has 0 fully saturated rings. The molecule has 2 aromatic carbocycles. The molecule has 0 aliphatic heterocycles. The summed E-state index contributed by atoms with van der Waals surface area (Å²) in [5, 5.41) is 15.4. The first kappa shape index (κ1) is 16.5. The number of hydrogen-bond acceptors (Lipinski definition) is 4. The van der Waals surface area contributed by atoms with Crippen molar-refractivity contribution in [3.63, 3.8) is 0 Å². The number of carbonyl (C=O) groups is 1. The molecule has 0 atom stereocenters.